The summed E-state index contributed by atoms with van der Waals surface area (Å²) >= 11 is 0. The van der Waals surface area contributed by atoms with Crippen molar-refractivity contribution in [3.05, 3.63) is 29.3 Å². The monoisotopic (exact) mass is 260 g/mol. The van der Waals surface area contributed by atoms with E-state index in [4.69, 9.17) is 4.74 Å². The summed E-state index contributed by atoms with van der Waals surface area (Å²) in [4.78, 5) is 2.34. The van der Waals surface area contributed by atoms with Crippen molar-refractivity contribution < 1.29 is 4.74 Å². The Balaban J connectivity index is 1.50. The van der Waals surface area contributed by atoms with Crippen molar-refractivity contribution >= 4 is 5.69 Å². The zero-order valence-corrected chi connectivity index (χ0v) is 11.8. The second kappa shape index (κ2) is 5.93. The van der Waals surface area contributed by atoms with E-state index in [0.29, 0.717) is 6.10 Å². The molecule has 1 fully saturated rings. The van der Waals surface area contributed by atoms with E-state index < -0.39 is 0 Å². The predicted molar refractivity (Wildman–Crippen MR) is 78.7 cm³/mol. The Morgan fingerprint density at radius 3 is 3.16 bits per heavy atom. The molecule has 1 unspecified atom stereocenters. The van der Waals surface area contributed by atoms with Gasteiger partial charge in [0.15, 0.2) is 0 Å². The highest BCUT2D eigenvalue weighted by Crippen LogP contribution is 2.27. The van der Waals surface area contributed by atoms with Crippen LogP contribution in [0.5, 0.6) is 0 Å². The van der Waals surface area contributed by atoms with Crippen LogP contribution in [0.1, 0.15) is 30.4 Å². The Kier molecular flexibility index (Phi) is 4.04. The van der Waals surface area contributed by atoms with Gasteiger partial charge in [-0.05, 0) is 42.9 Å². The lowest BCUT2D eigenvalue weighted by molar-refractivity contribution is 0.0168. The van der Waals surface area contributed by atoms with Crippen LogP contribution in [0.25, 0.3) is 0 Å². The van der Waals surface area contributed by atoms with E-state index in [2.05, 4.69) is 35.5 Å². The lowest BCUT2D eigenvalue weighted by Gasteiger charge is -2.22. The van der Waals surface area contributed by atoms with Crippen molar-refractivity contribution in [3.8, 4) is 0 Å². The van der Waals surface area contributed by atoms with E-state index in [0.717, 1.165) is 26.2 Å². The molecule has 0 amide bonds. The lowest BCUT2D eigenvalue weighted by Crippen LogP contribution is -2.31. The molecule has 1 aromatic rings. The fourth-order valence-electron chi connectivity index (χ4n) is 3.08. The molecule has 0 aliphatic carbocycles. The second-order valence-corrected chi connectivity index (χ2v) is 5.75. The van der Waals surface area contributed by atoms with Crippen molar-refractivity contribution in [2.75, 3.05) is 31.6 Å². The molecule has 1 aromatic carbocycles. The third-order valence-electron chi connectivity index (χ3n) is 4.25. The Bertz CT molecular complexity index is 427. The first-order chi connectivity index (χ1) is 9.33. The average molecular weight is 260 g/mol. The van der Waals surface area contributed by atoms with Gasteiger partial charge in [-0.25, -0.2) is 0 Å². The highest BCUT2D eigenvalue weighted by molar-refractivity contribution is 5.58. The number of nitrogens with one attached hydrogen (secondary N) is 1. The number of rotatable bonds is 4. The number of fused-ring (bicyclic) bond motifs is 1. The molecule has 0 aromatic heterocycles. The smallest absolute Gasteiger partial charge is 0.0699 e. The lowest BCUT2D eigenvalue weighted by atomic mass is 10.1. The van der Waals surface area contributed by atoms with Gasteiger partial charge in [0.05, 0.1) is 6.10 Å². The van der Waals surface area contributed by atoms with Gasteiger partial charge in [-0.15, -0.1) is 0 Å². The molecule has 0 spiro atoms. The number of hydrogen-bond acceptors (Lipinski definition) is 3. The zero-order valence-electron chi connectivity index (χ0n) is 11.8. The quantitative estimate of drug-likeness (QED) is 0.899. The fraction of sp³-hybridized carbons (Fsp3) is 0.625. The minimum Gasteiger partial charge on any atom is -0.377 e. The maximum atomic E-state index is 5.73. The molecule has 1 N–H and O–H groups in total. The zero-order chi connectivity index (χ0) is 13.1. The summed E-state index contributed by atoms with van der Waals surface area (Å²) in [5.74, 6) is 0. The SMILES string of the molecule is CN1CCc2cc(CNCC3CCCCO3)ccc21. The van der Waals surface area contributed by atoms with Gasteiger partial charge in [0.25, 0.3) is 0 Å². The van der Waals surface area contributed by atoms with E-state index in [1.54, 1.807) is 0 Å². The van der Waals surface area contributed by atoms with Gasteiger partial charge in [0, 0.05) is 39.0 Å². The highest BCUT2D eigenvalue weighted by atomic mass is 16.5. The molecule has 104 valence electrons. The Morgan fingerprint density at radius 1 is 1.37 bits per heavy atom. The largest absolute Gasteiger partial charge is 0.377 e. The number of benzene rings is 1. The highest BCUT2D eigenvalue weighted by Gasteiger charge is 2.16. The normalized spacial score (nSPS) is 22.6. The van der Waals surface area contributed by atoms with Gasteiger partial charge in [-0.1, -0.05) is 12.1 Å². The van der Waals surface area contributed by atoms with Crippen LogP contribution < -0.4 is 10.2 Å². The van der Waals surface area contributed by atoms with Crippen LogP contribution in [0, 0.1) is 0 Å². The first-order valence-electron chi connectivity index (χ1n) is 7.48. The molecule has 1 atom stereocenters. The summed E-state index contributed by atoms with van der Waals surface area (Å²) in [5.41, 5.74) is 4.29. The number of hydrogen-bond donors (Lipinski definition) is 1. The van der Waals surface area contributed by atoms with Crippen LogP contribution in [-0.2, 0) is 17.7 Å². The van der Waals surface area contributed by atoms with Crippen molar-refractivity contribution in [1.82, 2.24) is 5.32 Å². The third-order valence-corrected chi connectivity index (χ3v) is 4.25. The maximum Gasteiger partial charge on any atom is 0.0699 e. The minimum absolute atomic E-state index is 0.425. The number of nitrogens with zero attached hydrogens (tertiary/aromatic N) is 1. The molecule has 1 saturated heterocycles. The summed E-state index contributed by atoms with van der Waals surface area (Å²) in [6.45, 7) is 4.04. The van der Waals surface area contributed by atoms with E-state index in [9.17, 15) is 0 Å². The van der Waals surface area contributed by atoms with E-state index in [1.807, 2.05) is 0 Å². The van der Waals surface area contributed by atoms with Gasteiger partial charge >= 0.3 is 0 Å². The van der Waals surface area contributed by atoms with Crippen LogP contribution in [0.3, 0.4) is 0 Å². The van der Waals surface area contributed by atoms with Crippen LogP contribution in [0.4, 0.5) is 5.69 Å². The van der Waals surface area contributed by atoms with Crippen molar-refractivity contribution in [2.24, 2.45) is 0 Å². The minimum atomic E-state index is 0.425. The molecule has 19 heavy (non-hydrogen) atoms. The van der Waals surface area contributed by atoms with Crippen LogP contribution >= 0.6 is 0 Å². The summed E-state index contributed by atoms with van der Waals surface area (Å²) in [7, 11) is 2.17. The van der Waals surface area contributed by atoms with E-state index in [-0.39, 0.29) is 0 Å². The molecule has 2 heterocycles. The van der Waals surface area contributed by atoms with Crippen molar-refractivity contribution in [1.29, 1.82) is 0 Å². The maximum absolute atomic E-state index is 5.73. The van der Waals surface area contributed by atoms with Gasteiger partial charge in [-0.2, -0.15) is 0 Å². The third kappa shape index (κ3) is 3.10. The Morgan fingerprint density at radius 2 is 2.32 bits per heavy atom. The summed E-state index contributed by atoms with van der Waals surface area (Å²) in [5, 5.41) is 3.54. The van der Waals surface area contributed by atoms with Crippen LogP contribution in [0.15, 0.2) is 18.2 Å². The summed E-state index contributed by atoms with van der Waals surface area (Å²) < 4.78 is 5.73. The molecule has 0 saturated carbocycles. The van der Waals surface area contributed by atoms with Crippen LogP contribution in [0.2, 0.25) is 0 Å². The first kappa shape index (κ1) is 12.9. The second-order valence-electron chi connectivity index (χ2n) is 5.75. The Labute approximate surface area is 115 Å². The molecule has 3 nitrogen and oxygen atoms in total. The molecule has 3 heteroatoms. The molecular weight excluding hydrogens is 236 g/mol. The van der Waals surface area contributed by atoms with E-state index >= 15 is 0 Å². The van der Waals surface area contributed by atoms with Gasteiger partial charge < -0.3 is 15.0 Å². The molecule has 2 aliphatic rings. The Hall–Kier alpha value is -1.06. The van der Waals surface area contributed by atoms with Gasteiger partial charge in [0.2, 0.25) is 0 Å². The van der Waals surface area contributed by atoms with Gasteiger partial charge in [0.1, 0.15) is 0 Å². The first-order valence-corrected chi connectivity index (χ1v) is 7.48. The molecular formula is C16H24N2O. The molecule has 2 aliphatic heterocycles. The molecule has 0 radical (unpaired) electrons. The number of anilines is 1. The van der Waals surface area contributed by atoms with E-state index in [1.165, 1.54) is 42.5 Å². The fourth-order valence-corrected chi connectivity index (χ4v) is 3.08. The van der Waals surface area contributed by atoms with Crippen LogP contribution in [-0.4, -0.2) is 32.8 Å². The summed E-state index contributed by atoms with van der Waals surface area (Å²) in [6.07, 6.45) is 5.37. The molecule has 0 bridgehead atoms. The number of likely N-dealkylation sites (N-methyl/N-ethyl adjacent to an activating group) is 1. The average Bonchev–Trinajstić information content (AvgIpc) is 2.81. The summed E-state index contributed by atoms with van der Waals surface area (Å²) in [6, 6.07) is 6.86. The standard InChI is InChI=1S/C16H24N2O/c1-18-8-7-14-10-13(5-6-16(14)18)11-17-12-15-4-2-3-9-19-15/h5-6,10,15,17H,2-4,7-9,11-12H2,1H3. The van der Waals surface area contributed by atoms with Crippen molar-refractivity contribution in [2.45, 2.75) is 38.3 Å². The van der Waals surface area contributed by atoms with Gasteiger partial charge in [-0.3, -0.25) is 0 Å². The topological polar surface area (TPSA) is 24.5 Å². The van der Waals surface area contributed by atoms with Crippen molar-refractivity contribution in [3.63, 3.8) is 0 Å². The molecule has 3 rings (SSSR count). The predicted octanol–water partition coefficient (Wildman–Crippen LogP) is 2.34. The number of ether oxygens (including phenoxy) is 1.